The third kappa shape index (κ3) is 6.76. The number of fused-ring (bicyclic) bond motifs is 3. The third-order valence-electron chi connectivity index (χ3n) is 10.6. The predicted octanol–water partition coefficient (Wildman–Crippen LogP) is 16.1. The van der Waals surface area contributed by atoms with Crippen molar-refractivity contribution in [3.8, 4) is 11.1 Å². The van der Waals surface area contributed by atoms with Crippen LogP contribution in [0.3, 0.4) is 0 Å². The fraction of sp³-hybridized carbons (Fsp3) is 0. The highest BCUT2D eigenvalue weighted by molar-refractivity contribution is 7.26. The molecule has 0 N–H and O–H groups in total. The highest BCUT2D eigenvalue weighted by Crippen LogP contribution is 2.48. The number of benzene rings is 9. The summed E-state index contributed by atoms with van der Waals surface area (Å²) in [4.78, 5) is 7.10. The fourth-order valence-electron chi connectivity index (χ4n) is 7.94. The molecule has 0 aliphatic heterocycles. The summed E-state index contributed by atoms with van der Waals surface area (Å²) < 4.78 is 2.48. The number of rotatable bonds is 10. The minimum absolute atomic E-state index is 1.07. The Bertz CT molecular complexity index is 2870. The van der Waals surface area contributed by atoms with Crippen molar-refractivity contribution in [1.82, 2.24) is 0 Å². The Morgan fingerprint density at radius 2 is 0.672 bits per heavy atom. The molecule has 0 spiro atoms. The zero-order chi connectivity index (χ0) is 38.7. The predicted molar refractivity (Wildman–Crippen MR) is 249 cm³/mol. The van der Waals surface area contributed by atoms with Gasteiger partial charge in [-0.3, -0.25) is 0 Å². The summed E-state index contributed by atoms with van der Waals surface area (Å²) in [5.74, 6) is 0. The van der Waals surface area contributed by atoms with Gasteiger partial charge in [0.05, 0.1) is 10.4 Å². The summed E-state index contributed by atoms with van der Waals surface area (Å²) in [6.45, 7) is 0. The highest BCUT2D eigenvalue weighted by atomic mass is 32.1. The van der Waals surface area contributed by atoms with Crippen LogP contribution in [0.25, 0.3) is 31.3 Å². The first-order valence-corrected chi connectivity index (χ1v) is 20.4. The van der Waals surface area contributed by atoms with Crippen LogP contribution in [0.5, 0.6) is 0 Å². The summed E-state index contributed by atoms with van der Waals surface area (Å²) in [6.07, 6.45) is 0. The van der Waals surface area contributed by atoms with Gasteiger partial charge in [0.25, 0.3) is 0 Å². The second-order valence-corrected chi connectivity index (χ2v) is 15.3. The standard InChI is InChI=1S/C54H39N3S/c1-6-19-40(20-7-1)41-21-16-30-46(37-41)57(48-32-17-31-47(38-48)55(42-22-8-2-9-23-42)43-24-10-3-11-25-43)52-34-18-33-50-51-39-49(35-36-53(51)58-54(50)52)56(44-26-12-4-13-27-44)45-28-14-5-15-29-45/h1-39H. The first-order chi connectivity index (χ1) is 28.8. The van der Waals surface area contributed by atoms with E-state index in [1.54, 1.807) is 0 Å². The van der Waals surface area contributed by atoms with Gasteiger partial charge in [-0.2, -0.15) is 0 Å². The van der Waals surface area contributed by atoms with Gasteiger partial charge in [-0.15, -0.1) is 11.3 Å². The lowest BCUT2D eigenvalue weighted by Gasteiger charge is -2.30. The van der Waals surface area contributed by atoms with Crippen molar-refractivity contribution >= 4 is 82.7 Å². The van der Waals surface area contributed by atoms with E-state index in [1.165, 1.54) is 31.3 Å². The van der Waals surface area contributed by atoms with Gasteiger partial charge >= 0.3 is 0 Å². The van der Waals surface area contributed by atoms with E-state index in [1.807, 2.05) is 11.3 Å². The largest absolute Gasteiger partial charge is 0.310 e. The molecule has 0 saturated carbocycles. The first kappa shape index (κ1) is 35.0. The molecule has 10 rings (SSSR count). The smallest absolute Gasteiger partial charge is 0.0640 e. The van der Waals surface area contributed by atoms with Gasteiger partial charge in [0.2, 0.25) is 0 Å². The van der Waals surface area contributed by atoms with Crippen molar-refractivity contribution in [2.75, 3.05) is 14.7 Å². The molecule has 0 fully saturated rings. The van der Waals surface area contributed by atoms with Gasteiger partial charge in [-0.05, 0) is 114 Å². The number of hydrogen-bond donors (Lipinski definition) is 0. The second-order valence-electron chi connectivity index (χ2n) is 14.2. The number of para-hydroxylation sites is 4. The monoisotopic (exact) mass is 761 g/mol. The number of thiophene rings is 1. The van der Waals surface area contributed by atoms with E-state index in [2.05, 4.69) is 251 Å². The summed E-state index contributed by atoms with van der Waals surface area (Å²) in [5.41, 5.74) is 12.3. The van der Waals surface area contributed by atoms with Crippen LogP contribution in [0.1, 0.15) is 0 Å². The Balaban J connectivity index is 1.16. The number of anilines is 9. The zero-order valence-corrected chi connectivity index (χ0v) is 32.6. The Labute approximate surface area is 343 Å². The van der Waals surface area contributed by atoms with E-state index >= 15 is 0 Å². The van der Waals surface area contributed by atoms with E-state index in [0.29, 0.717) is 0 Å². The van der Waals surface area contributed by atoms with Crippen LogP contribution in [0.2, 0.25) is 0 Å². The van der Waals surface area contributed by atoms with E-state index in [-0.39, 0.29) is 0 Å². The Hall–Kier alpha value is -7.40. The molecule has 276 valence electrons. The molecular weight excluding hydrogens is 723 g/mol. The number of nitrogens with zero attached hydrogens (tertiary/aromatic N) is 3. The average Bonchev–Trinajstić information content (AvgIpc) is 3.68. The number of hydrogen-bond acceptors (Lipinski definition) is 4. The molecule has 10 aromatic rings. The van der Waals surface area contributed by atoms with Crippen molar-refractivity contribution in [1.29, 1.82) is 0 Å². The van der Waals surface area contributed by atoms with Crippen LogP contribution >= 0.6 is 11.3 Å². The van der Waals surface area contributed by atoms with Crippen LogP contribution < -0.4 is 14.7 Å². The molecule has 4 heteroatoms. The molecular formula is C54H39N3S. The second kappa shape index (κ2) is 15.6. The van der Waals surface area contributed by atoms with Gasteiger partial charge in [0, 0.05) is 61.0 Å². The molecule has 0 amide bonds. The average molecular weight is 762 g/mol. The van der Waals surface area contributed by atoms with E-state index in [9.17, 15) is 0 Å². The molecule has 0 bridgehead atoms. The molecule has 0 aliphatic rings. The van der Waals surface area contributed by atoms with Crippen molar-refractivity contribution in [3.05, 3.63) is 237 Å². The van der Waals surface area contributed by atoms with Crippen LogP contribution in [-0.4, -0.2) is 0 Å². The molecule has 9 aromatic carbocycles. The maximum atomic E-state index is 2.43. The quantitative estimate of drug-likeness (QED) is 0.137. The Morgan fingerprint density at radius 1 is 0.259 bits per heavy atom. The van der Waals surface area contributed by atoms with E-state index in [0.717, 1.165) is 51.2 Å². The minimum atomic E-state index is 1.07. The Morgan fingerprint density at radius 3 is 1.22 bits per heavy atom. The van der Waals surface area contributed by atoms with Crippen molar-refractivity contribution < 1.29 is 0 Å². The summed E-state index contributed by atoms with van der Waals surface area (Å²) in [5, 5.41) is 2.47. The van der Waals surface area contributed by atoms with Crippen molar-refractivity contribution in [2.45, 2.75) is 0 Å². The lowest BCUT2D eigenvalue weighted by molar-refractivity contribution is 1.26. The van der Waals surface area contributed by atoms with Crippen LogP contribution in [0.15, 0.2) is 237 Å². The summed E-state index contributed by atoms with van der Waals surface area (Å²) in [6, 6.07) is 84.6. The maximum Gasteiger partial charge on any atom is 0.0640 e. The molecule has 3 nitrogen and oxygen atoms in total. The molecule has 0 unspecified atom stereocenters. The van der Waals surface area contributed by atoms with Crippen LogP contribution in [0.4, 0.5) is 51.2 Å². The third-order valence-corrected chi connectivity index (χ3v) is 11.8. The van der Waals surface area contributed by atoms with Gasteiger partial charge in [-0.25, -0.2) is 0 Å². The molecule has 0 atom stereocenters. The van der Waals surface area contributed by atoms with Crippen LogP contribution in [-0.2, 0) is 0 Å². The molecule has 0 aliphatic carbocycles. The SMILES string of the molecule is c1ccc(-c2cccc(N(c3cccc(N(c4ccccc4)c4ccccc4)c3)c3cccc4c3sc3ccc(N(c5ccccc5)c5ccccc5)cc34)c2)cc1. The fourth-order valence-corrected chi connectivity index (χ4v) is 9.13. The lowest BCUT2D eigenvalue weighted by Crippen LogP contribution is -2.13. The molecule has 0 radical (unpaired) electrons. The maximum absolute atomic E-state index is 2.43. The minimum Gasteiger partial charge on any atom is -0.310 e. The van der Waals surface area contributed by atoms with E-state index in [4.69, 9.17) is 0 Å². The molecule has 1 heterocycles. The molecule has 1 aromatic heterocycles. The van der Waals surface area contributed by atoms with Gasteiger partial charge in [0.1, 0.15) is 0 Å². The van der Waals surface area contributed by atoms with Crippen molar-refractivity contribution in [3.63, 3.8) is 0 Å². The van der Waals surface area contributed by atoms with Crippen molar-refractivity contribution in [2.24, 2.45) is 0 Å². The van der Waals surface area contributed by atoms with Gasteiger partial charge in [0.15, 0.2) is 0 Å². The van der Waals surface area contributed by atoms with Gasteiger partial charge in [-0.1, -0.05) is 133 Å². The van der Waals surface area contributed by atoms with Crippen LogP contribution in [0, 0.1) is 0 Å². The van der Waals surface area contributed by atoms with Gasteiger partial charge < -0.3 is 14.7 Å². The zero-order valence-electron chi connectivity index (χ0n) is 31.8. The molecule has 58 heavy (non-hydrogen) atoms. The Kier molecular flexibility index (Phi) is 9.44. The topological polar surface area (TPSA) is 9.72 Å². The lowest BCUT2D eigenvalue weighted by atomic mass is 10.0. The molecule has 0 saturated heterocycles. The summed E-state index contributed by atoms with van der Waals surface area (Å²) >= 11 is 1.85. The van der Waals surface area contributed by atoms with E-state index < -0.39 is 0 Å². The summed E-state index contributed by atoms with van der Waals surface area (Å²) in [7, 11) is 0. The normalized spacial score (nSPS) is 11.1. The first-order valence-electron chi connectivity index (χ1n) is 19.6. The highest BCUT2D eigenvalue weighted by Gasteiger charge is 2.22.